The number of hydrogen-bond donors (Lipinski definition) is 1. The molecule has 0 fully saturated rings. The molecule has 1 N–H and O–H groups in total. The fourth-order valence-corrected chi connectivity index (χ4v) is 2.40. The van der Waals surface area contributed by atoms with E-state index in [9.17, 15) is 9.18 Å². The summed E-state index contributed by atoms with van der Waals surface area (Å²) in [6, 6.07) is 13.5. The van der Waals surface area contributed by atoms with Gasteiger partial charge < -0.3 is 9.26 Å². The van der Waals surface area contributed by atoms with Gasteiger partial charge in [0.25, 0.3) is 17.7 Å². The van der Waals surface area contributed by atoms with Crippen LogP contribution in [0.2, 0.25) is 0 Å². The molecule has 134 valence electrons. The number of halogens is 1. The van der Waals surface area contributed by atoms with Crippen LogP contribution in [-0.4, -0.2) is 22.2 Å². The Labute approximate surface area is 150 Å². The molecule has 1 atom stereocenters. The van der Waals surface area contributed by atoms with Crippen molar-refractivity contribution in [2.75, 3.05) is 5.32 Å². The Morgan fingerprint density at radius 2 is 1.96 bits per heavy atom. The molecule has 26 heavy (non-hydrogen) atoms. The van der Waals surface area contributed by atoms with Gasteiger partial charge in [-0.1, -0.05) is 37.3 Å². The first-order valence-electron chi connectivity index (χ1n) is 8.20. The van der Waals surface area contributed by atoms with Crippen molar-refractivity contribution in [3.05, 3.63) is 59.9 Å². The summed E-state index contributed by atoms with van der Waals surface area (Å²) in [6.45, 7) is 3.69. The highest BCUT2D eigenvalue weighted by atomic mass is 19.1. The molecule has 3 rings (SSSR count). The third kappa shape index (κ3) is 3.88. The summed E-state index contributed by atoms with van der Waals surface area (Å²) in [5.74, 6) is -0.651. The van der Waals surface area contributed by atoms with Crippen LogP contribution >= 0.6 is 0 Å². The van der Waals surface area contributed by atoms with E-state index in [1.54, 1.807) is 19.1 Å². The number of anilines is 1. The van der Waals surface area contributed by atoms with Crippen molar-refractivity contribution in [1.82, 2.24) is 10.1 Å². The van der Waals surface area contributed by atoms with Gasteiger partial charge in [0.2, 0.25) is 0 Å². The van der Waals surface area contributed by atoms with Crippen LogP contribution in [0.1, 0.15) is 18.9 Å². The largest absolute Gasteiger partial charge is 0.478 e. The van der Waals surface area contributed by atoms with Crippen LogP contribution in [0.15, 0.2) is 53.1 Å². The number of nitrogens with one attached hydrogen (secondary N) is 1. The average Bonchev–Trinajstić information content (AvgIpc) is 3.09. The summed E-state index contributed by atoms with van der Waals surface area (Å²) in [6.07, 6.45) is -0.532. The molecule has 2 aromatic carbocycles. The number of benzene rings is 2. The minimum Gasteiger partial charge on any atom is -0.478 e. The van der Waals surface area contributed by atoms with Crippen molar-refractivity contribution in [1.29, 1.82) is 0 Å². The number of nitrogens with zero attached hydrogens (tertiary/aromatic N) is 2. The predicted octanol–water partition coefficient (Wildman–Crippen LogP) is 3.98. The van der Waals surface area contributed by atoms with Gasteiger partial charge in [-0.3, -0.25) is 10.1 Å². The van der Waals surface area contributed by atoms with Gasteiger partial charge in [0.15, 0.2) is 17.7 Å². The summed E-state index contributed by atoms with van der Waals surface area (Å²) in [7, 11) is 0. The molecule has 0 aliphatic rings. The van der Waals surface area contributed by atoms with E-state index in [0.29, 0.717) is 12.3 Å². The lowest BCUT2D eigenvalue weighted by Crippen LogP contribution is -2.33. The quantitative estimate of drug-likeness (QED) is 0.724. The smallest absolute Gasteiger partial charge is 0.270 e. The van der Waals surface area contributed by atoms with Gasteiger partial charge in [-0.05, 0) is 42.3 Å². The molecule has 0 radical (unpaired) electrons. The van der Waals surface area contributed by atoms with Gasteiger partial charge in [-0.2, -0.15) is 4.98 Å². The highest BCUT2D eigenvalue weighted by Gasteiger charge is 2.22. The maximum Gasteiger partial charge on any atom is 0.270 e. The van der Waals surface area contributed by atoms with Gasteiger partial charge >= 0.3 is 0 Å². The molecule has 0 aliphatic heterocycles. The Kier molecular flexibility index (Phi) is 5.26. The molecular formula is C19H18FN3O3. The zero-order valence-electron chi connectivity index (χ0n) is 14.4. The molecular weight excluding hydrogens is 337 g/mol. The van der Waals surface area contributed by atoms with Gasteiger partial charge in [-0.15, -0.1) is 0 Å². The number of amides is 1. The first-order chi connectivity index (χ1) is 12.6. The van der Waals surface area contributed by atoms with Crippen LogP contribution in [0.4, 0.5) is 10.3 Å². The van der Waals surface area contributed by atoms with Crippen molar-refractivity contribution in [3.8, 4) is 17.2 Å². The van der Waals surface area contributed by atoms with Crippen LogP contribution < -0.4 is 10.1 Å². The molecule has 0 aliphatic carbocycles. The van der Waals surface area contributed by atoms with E-state index in [0.717, 1.165) is 11.1 Å². The highest BCUT2D eigenvalue weighted by Crippen LogP contribution is 2.23. The maximum absolute atomic E-state index is 13.7. The zero-order chi connectivity index (χ0) is 18.5. The minimum atomic E-state index is -0.882. The maximum atomic E-state index is 13.7. The number of aryl methyl sites for hydroxylation is 1. The Balaban J connectivity index is 1.71. The molecule has 1 heterocycles. The third-order valence-corrected chi connectivity index (χ3v) is 3.81. The van der Waals surface area contributed by atoms with Crippen molar-refractivity contribution in [2.24, 2.45) is 0 Å². The van der Waals surface area contributed by atoms with Gasteiger partial charge in [0, 0.05) is 5.56 Å². The van der Waals surface area contributed by atoms with Crippen LogP contribution in [0.5, 0.6) is 5.75 Å². The molecule has 0 saturated heterocycles. The van der Waals surface area contributed by atoms with E-state index in [2.05, 4.69) is 15.5 Å². The minimum absolute atomic E-state index is 0.0169. The number of carbonyl (C=O) groups is 1. The molecule has 0 saturated carbocycles. The SMILES string of the molecule is CCC(Oc1ccccc1F)C(=O)Nc1noc(-c2ccccc2C)n1. The molecule has 7 heteroatoms. The summed E-state index contributed by atoms with van der Waals surface area (Å²) in [4.78, 5) is 16.6. The number of hydrogen-bond acceptors (Lipinski definition) is 5. The Morgan fingerprint density at radius 1 is 1.23 bits per heavy atom. The second-order valence-corrected chi connectivity index (χ2v) is 5.67. The molecule has 3 aromatic rings. The molecule has 6 nitrogen and oxygen atoms in total. The van der Waals surface area contributed by atoms with Crippen molar-refractivity contribution in [2.45, 2.75) is 26.4 Å². The lowest BCUT2D eigenvalue weighted by atomic mass is 10.1. The first-order valence-corrected chi connectivity index (χ1v) is 8.20. The van der Waals surface area contributed by atoms with Crippen LogP contribution in [-0.2, 0) is 4.79 Å². The molecule has 1 amide bonds. The topological polar surface area (TPSA) is 77.2 Å². The molecule has 1 unspecified atom stereocenters. The summed E-state index contributed by atoms with van der Waals surface area (Å²) in [5, 5.41) is 6.31. The number of ether oxygens (including phenoxy) is 1. The Hall–Kier alpha value is -3.22. The number of aromatic nitrogens is 2. The lowest BCUT2D eigenvalue weighted by molar-refractivity contribution is -0.123. The number of para-hydroxylation sites is 1. The normalized spacial score (nSPS) is 11.8. The monoisotopic (exact) mass is 355 g/mol. The predicted molar refractivity (Wildman–Crippen MR) is 94.2 cm³/mol. The number of carbonyl (C=O) groups excluding carboxylic acids is 1. The molecule has 0 bridgehead atoms. The van der Waals surface area contributed by atoms with E-state index in [1.165, 1.54) is 12.1 Å². The van der Waals surface area contributed by atoms with E-state index >= 15 is 0 Å². The summed E-state index contributed by atoms with van der Waals surface area (Å²) < 4.78 is 24.4. The van der Waals surface area contributed by atoms with Crippen LogP contribution in [0.25, 0.3) is 11.5 Å². The average molecular weight is 355 g/mol. The second kappa shape index (κ2) is 7.77. The second-order valence-electron chi connectivity index (χ2n) is 5.67. The van der Waals surface area contributed by atoms with Gasteiger partial charge in [0.05, 0.1) is 0 Å². The van der Waals surface area contributed by atoms with E-state index < -0.39 is 17.8 Å². The van der Waals surface area contributed by atoms with Gasteiger partial charge in [0.1, 0.15) is 0 Å². The molecule has 0 spiro atoms. The highest BCUT2D eigenvalue weighted by molar-refractivity contribution is 5.92. The van der Waals surface area contributed by atoms with Crippen molar-refractivity contribution in [3.63, 3.8) is 0 Å². The van der Waals surface area contributed by atoms with E-state index in [-0.39, 0.29) is 11.7 Å². The fraction of sp³-hybridized carbons (Fsp3) is 0.211. The zero-order valence-corrected chi connectivity index (χ0v) is 14.4. The lowest BCUT2D eigenvalue weighted by Gasteiger charge is -2.16. The first kappa shape index (κ1) is 17.6. The van der Waals surface area contributed by atoms with Crippen LogP contribution in [0.3, 0.4) is 0 Å². The summed E-state index contributed by atoms with van der Waals surface area (Å²) in [5.41, 5.74) is 1.76. The van der Waals surface area contributed by atoms with Gasteiger partial charge in [-0.25, -0.2) is 4.39 Å². The van der Waals surface area contributed by atoms with Crippen molar-refractivity contribution >= 4 is 11.9 Å². The standard InChI is InChI=1S/C19H18FN3O3/c1-3-15(25-16-11-7-6-10-14(16)20)17(24)21-19-22-18(26-23-19)13-9-5-4-8-12(13)2/h4-11,15H,3H2,1-2H3,(H,21,23,24). The van der Waals surface area contributed by atoms with E-state index in [1.807, 2.05) is 31.2 Å². The summed E-state index contributed by atoms with van der Waals surface area (Å²) >= 11 is 0. The molecule has 1 aromatic heterocycles. The van der Waals surface area contributed by atoms with Crippen LogP contribution in [0, 0.1) is 12.7 Å². The fourth-order valence-electron chi connectivity index (χ4n) is 2.40. The number of rotatable bonds is 6. The Morgan fingerprint density at radius 3 is 2.69 bits per heavy atom. The third-order valence-electron chi connectivity index (χ3n) is 3.81. The Bertz CT molecular complexity index is 910. The van der Waals surface area contributed by atoms with E-state index in [4.69, 9.17) is 9.26 Å². The van der Waals surface area contributed by atoms with Crippen molar-refractivity contribution < 1.29 is 18.4 Å².